The van der Waals surface area contributed by atoms with Gasteiger partial charge in [0.05, 0.1) is 6.04 Å². The van der Waals surface area contributed by atoms with Crippen molar-refractivity contribution in [2.45, 2.75) is 19.9 Å². The van der Waals surface area contributed by atoms with Crippen LogP contribution in [0.25, 0.3) is 0 Å². The van der Waals surface area contributed by atoms with Crippen molar-refractivity contribution in [1.82, 2.24) is 10.3 Å². The van der Waals surface area contributed by atoms with E-state index in [1.165, 1.54) is 0 Å². The molecular formula is C18H19ClN4O2. The van der Waals surface area contributed by atoms with E-state index in [0.29, 0.717) is 28.6 Å². The van der Waals surface area contributed by atoms with Gasteiger partial charge in [0.1, 0.15) is 5.82 Å². The van der Waals surface area contributed by atoms with Gasteiger partial charge in [0.15, 0.2) is 0 Å². The van der Waals surface area contributed by atoms with E-state index in [1.807, 2.05) is 19.9 Å². The first kappa shape index (κ1) is 17.2. The number of amides is 3. The molecule has 1 aliphatic rings. The first-order valence-electron chi connectivity index (χ1n) is 7.98. The summed E-state index contributed by atoms with van der Waals surface area (Å²) < 4.78 is 0. The number of halogens is 1. The first-order valence-corrected chi connectivity index (χ1v) is 8.35. The van der Waals surface area contributed by atoms with Crippen LogP contribution in [0.1, 0.15) is 22.8 Å². The van der Waals surface area contributed by atoms with Crippen LogP contribution in [0, 0.1) is 6.92 Å². The maximum absolute atomic E-state index is 13.0. The number of anilines is 2. The fourth-order valence-corrected chi connectivity index (χ4v) is 3.14. The summed E-state index contributed by atoms with van der Waals surface area (Å²) >= 11 is 6.17. The Bertz CT molecular complexity index is 840. The van der Waals surface area contributed by atoms with Gasteiger partial charge >= 0.3 is 6.03 Å². The number of urea groups is 1. The van der Waals surface area contributed by atoms with Crippen molar-refractivity contribution in [3.63, 3.8) is 0 Å². The zero-order chi connectivity index (χ0) is 18.1. The van der Waals surface area contributed by atoms with Gasteiger partial charge in [0.2, 0.25) is 0 Å². The molecule has 130 valence electrons. The Morgan fingerprint density at radius 2 is 2.12 bits per heavy atom. The SMILES string of the molecule is CNC(=O)c1cccc(N2C(=O)N(c3nccc(Cl)c3C)C[C@@H]2C)c1. The minimum Gasteiger partial charge on any atom is -0.355 e. The van der Waals surface area contributed by atoms with Crippen LogP contribution < -0.4 is 15.1 Å². The number of hydrogen-bond donors (Lipinski definition) is 1. The number of nitrogens with zero attached hydrogens (tertiary/aromatic N) is 3. The lowest BCUT2D eigenvalue weighted by Gasteiger charge is -2.21. The van der Waals surface area contributed by atoms with Gasteiger partial charge in [-0.1, -0.05) is 17.7 Å². The van der Waals surface area contributed by atoms with E-state index >= 15 is 0 Å². The highest BCUT2D eigenvalue weighted by atomic mass is 35.5. The summed E-state index contributed by atoms with van der Waals surface area (Å²) in [5.74, 6) is 0.375. The van der Waals surface area contributed by atoms with Crippen molar-refractivity contribution in [1.29, 1.82) is 0 Å². The highest BCUT2D eigenvalue weighted by molar-refractivity contribution is 6.31. The Morgan fingerprint density at radius 3 is 2.84 bits per heavy atom. The zero-order valence-electron chi connectivity index (χ0n) is 14.3. The molecule has 7 heteroatoms. The van der Waals surface area contributed by atoms with Crippen LogP contribution in [0.3, 0.4) is 0 Å². The molecule has 1 atom stereocenters. The lowest BCUT2D eigenvalue weighted by Crippen LogP contribution is -2.34. The Kier molecular flexibility index (Phi) is 4.63. The maximum atomic E-state index is 13.0. The second-order valence-corrected chi connectivity index (χ2v) is 6.39. The summed E-state index contributed by atoms with van der Waals surface area (Å²) in [7, 11) is 1.58. The van der Waals surface area contributed by atoms with E-state index in [1.54, 1.807) is 47.3 Å². The topological polar surface area (TPSA) is 65.5 Å². The predicted octanol–water partition coefficient (Wildman–Crippen LogP) is 3.24. The van der Waals surface area contributed by atoms with E-state index in [2.05, 4.69) is 10.3 Å². The smallest absolute Gasteiger partial charge is 0.330 e. The number of carbonyl (C=O) groups is 2. The normalized spacial score (nSPS) is 17.1. The van der Waals surface area contributed by atoms with E-state index < -0.39 is 0 Å². The van der Waals surface area contributed by atoms with Crippen molar-refractivity contribution in [3.8, 4) is 0 Å². The van der Waals surface area contributed by atoms with Crippen LogP contribution in [0.2, 0.25) is 5.02 Å². The van der Waals surface area contributed by atoms with Crippen LogP contribution in [0.15, 0.2) is 36.5 Å². The van der Waals surface area contributed by atoms with Crippen molar-refractivity contribution in [3.05, 3.63) is 52.7 Å². The first-order chi connectivity index (χ1) is 11.9. The molecule has 3 rings (SSSR count). The summed E-state index contributed by atoms with van der Waals surface area (Å²) in [4.78, 5) is 32.5. The standard InChI is InChI=1S/C18H19ClN4O2/c1-11-10-22(16-12(2)15(19)7-8-21-16)18(25)23(11)14-6-4-5-13(9-14)17(24)20-3/h4-9,11H,10H2,1-3H3,(H,20,24)/t11-/m0/s1. The summed E-state index contributed by atoms with van der Waals surface area (Å²) in [5, 5.41) is 3.17. The molecule has 0 aliphatic carbocycles. The molecule has 1 aromatic heterocycles. The average molecular weight is 359 g/mol. The Balaban J connectivity index is 1.96. The summed E-state index contributed by atoms with van der Waals surface area (Å²) in [6.45, 7) is 4.30. The van der Waals surface area contributed by atoms with Gasteiger partial charge in [0, 0.05) is 41.6 Å². The van der Waals surface area contributed by atoms with Crippen LogP contribution in [-0.4, -0.2) is 36.6 Å². The fraction of sp³-hybridized carbons (Fsp3) is 0.278. The Labute approximate surface area is 151 Å². The fourth-order valence-electron chi connectivity index (χ4n) is 3.00. The Morgan fingerprint density at radius 1 is 1.36 bits per heavy atom. The van der Waals surface area contributed by atoms with E-state index in [0.717, 1.165) is 5.56 Å². The summed E-state index contributed by atoms with van der Waals surface area (Å²) in [5.41, 5.74) is 1.96. The molecule has 0 unspecified atom stereocenters. The van der Waals surface area contributed by atoms with Gasteiger partial charge in [0.25, 0.3) is 5.91 Å². The van der Waals surface area contributed by atoms with Gasteiger partial charge in [-0.2, -0.15) is 0 Å². The lowest BCUT2D eigenvalue weighted by molar-refractivity contribution is 0.0963. The molecule has 0 radical (unpaired) electrons. The van der Waals surface area contributed by atoms with Gasteiger partial charge in [-0.15, -0.1) is 0 Å². The van der Waals surface area contributed by atoms with Gasteiger partial charge in [-0.25, -0.2) is 9.78 Å². The largest absolute Gasteiger partial charge is 0.355 e. The van der Waals surface area contributed by atoms with E-state index in [9.17, 15) is 9.59 Å². The summed E-state index contributed by atoms with van der Waals surface area (Å²) in [6.07, 6.45) is 1.59. The van der Waals surface area contributed by atoms with Gasteiger partial charge < -0.3 is 5.32 Å². The molecule has 1 aromatic carbocycles. The van der Waals surface area contributed by atoms with Crippen molar-refractivity contribution in [2.24, 2.45) is 0 Å². The number of aromatic nitrogens is 1. The van der Waals surface area contributed by atoms with Gasteiger partial charge in [-0.05, 0) is 38.1 Å². The monoisotopic (exact) mass is 358 g/mol. The van der Waals surface area contributed by atoms with Crippen LogP contribution in [0.5, 0.6) is 0 Å². The van der Waals surface area contributed by atoms with E-state index in [4.69, 9.17) is 11.6 Å². The molecule has 1 saturated heterocycles. The molecule has 3 amide bonds. The molecule has 1 aliphatic heterocycles. The maximum Gasteiger partial charge on any atom is 0.330 e. The minimum atomic E-state index is -0.189. The highest BCUT2D eigenvalue weighted by Gasteiger charge is 2.38. The molecule has 6 nitrogen and oxygen atoms in total. The zero-order valence-corrected chi connectivity index (χ0v) is 15.0. The van der Waals surface area contributed by atoms with Crippen LogP contribution >= 0.6 is 11.6 Å². The molecule has 2 aromatic rings. The van der Waals surface area contributed by atoms with Crippen molar-refractivity contribution < 1.29 is 9.59 Å². The van der Waals surface area contributed by atoms with E-state index in [-0.39, 0.29) is 18.0 Å². The third-order valence-corrected chi connectivity index (χ3v) is 4.71. The molecule has 1 N–H and O–H groups in total. The van der Waals surface area contributed by atoms with Gasteiger partial charge in [-0.3, -0.25) is 14.6 Å². The number of hydrogen-bond acceptors (Lipinski definition) is 3. The number of rotatable bonds is 3. The number of carbonyl (C=O) groups excluding carboxylic acids is 2. The molecule has 25 heavy (non-hydrogen) atoms. The molecule has 0 saturated carbocycles. The minimum absolute atomic E-state index is 0.0624. The molecule has 0 spiro atoms. The van der Waals surface area contributed by atoms with Crippen LogP contribution in [0.4, 0.5) is 16.3 Å². The number of benzene rings is 1. The Hall–Kier alpha value is -2.60. The molecule has 2 heterocycles. The molecular weight excluding hydrogens is 340 g/mol. The van der Waals surface area contributed by atoms with Crippen molar-refractivity contribution >= 4 is 35.0 Å². The quantitative estimate of drug-likeness (QED) is 0.916. The number of nitrogens with one attached hydrogen (secondary N) is 1. The second-order valence-electron chi connectivity index (χ2n) is 5.98. The summed E-state index contributed by atoms with van der Waals surface area (Å²) in [6, 6.07) is 8.48. The van der Waals surface area contributed by atoms with Crippen molar-refractivity contribution in [2.75, 3.05) is 23.4 Å². The molecule has 1 fully saturated rings. The lowest BCUT2D eigenvalue weighted by atomic mass is 10.1. The second kappa shape index (κ2) is 6.72. The average Bonchev–Trinajstić information content (AvgIpc) is 2.91. The third kappa shape index (κ3) is 3.05. The number of pyridine rings is 1. The highest BCUT2D eigenvalue weighted by Crippen LogP contribution is 2.31. The predicted molar refractivity (Wildman–Crippen MR) is 98.5 cm³/mol. The molecule has 0 bridgehead atoms. The third-order valence-electron chi connectivity index (χ3n) is 4.31. The van der Waals surface area contributed by atoms with Crippen LogP contribution in [-0.2, 0) is 0 Å².